The van der Waals surface area contributed by atoms with Crippen LogP contribution in [0.2, 0.25) is 0 Å². The number of nitrogens with one attached hydrogen (secondary N) is 3. The highest BCUT2D eigenvalue weighted by molar-refractivity contribution is 5.83. The molecule has 0 aliphatic rings. The van der Waals surface area contributed by atoms with Gasteiger partial charge < -0.3 is 20.4 Å². The molecule has 0 spiro atoms. The van der Waals surface area contributed by atoms with E-state index in [1.807, 2.05) is 12.1 Å². The molecular formula is C21H26N4O. The van der Waals surface area contributed by atoms with Gasteiger partial charge in [-0.2, -0.15) is 0 Å². The molecule has 0 radical (unpaired) electrons. The van der Waals surface area contributed by atoms with Crippen molar-refractivity contribution in [2.24, 2.45) is 4.99 Å². The monoisotopic (exact) mass is 350 g/mol. The zero-order valence-electron chi connectivity index (χ0n) is 15.6. The molecule has 0 unspecified atom stereocenters. The minimum absolute atomic E-state index is 0.720. The fourth-order valence-corrected chi connectivity index (χ4v) is 3.11. The van der Waals surface area contributed by atoms with Crippen LogP contribution in [0, 0.1) is 6.92 Å². The van der Waals surface area contributed by atoms with E-state index >= 15 is 0 Å². The molecule has 3 N–H and O–H groups in total. The molecule has 3 aromatic rings. The van der Waals surface area contributed by atoms with Crippen LogP contribution in [-0.2, 0) is 13.0 Å². The van der Waals surface area contributed by atoms with Crippen LogP contribution in [0.25, 0.3) is 10.9 Å². The summed E-state index contributed by atoms with van der Waals surface area (Å²) in [7, 11) is 3.49. The van der Waals surface area contributed by atoms with Gasteiger partial charge in [0.2, 0.25) is 0 Å². The Bertz CT molecular complexity index is 898. The number of guanidine groups is 1. The van der Waals surface area contributed by atoms with Crippen LogP contribution in [0.3, 0.4) is 0 Å². The zero-order valence-corrected chi connectivity index (χ0v) is 15.6. The summed E-state index contributed by atoms with van der Waals surface area (Å²) in [6.07, 6.45) is 3.02. The number of ether oxygens (including phenoxy) is 1. The highest BCUT2D eigenvalue weighted by Crippen LogP contribution is 2.19. The molecule has 0 atom stereocenters. The van der Waals surface area contributed by atoms with E-state index in [1.54, 1.807) is 14.2 Å². The van der Waals surface area contributed by atoms with E-state index in [0.717, 1.165) is 36.8 Å². The van der Waals surface area contributed by atoms with E-state index < -0.39 is 0 Å². The van der Waals surface area contributed by atoms with Crippen molar-refractivity contribution in [2.45, 2.75) is 19.9 Å². The third kappa shape index (κ3) is 4.17. The van der Waals surface area contributed by atoms with E-state index in [4.69, 9.17) is 4.74 Å². The highest BCUT2D eigenvalue weighted by Gasteiger charge is 2.04. The van der Waals surface area contributed by atoms with Crippen LogP contribution in [0.15, 0.2) is 53.7 Å². The Morgan fingerprint density at radius 1 is 1.15 bits per heavy atom. The molecule has 0 bridgehead atoms. The molecule has 1 aromatic heterocycles. The first kappa shape index (κ1) is 17.9. The Morgan fingerprint density at radius 3 is 2.77 bits per heavy atom. The third-order valence-corrected chi connectivity index (χ3v) is 4.50. The van der Waals surface area contributed by atoms with Crippen molar-refractivity contribution in [3.8, 4) is 5.75 Å². The van der Waals surface area contributed by atoms with Crippen LogP contribution >= 0.6 is 0 Å². The van der Waals surface area contributed by atoms with Gasteiger partial charge in [0.05, 0.1) is 7.11 Å². The van der Waals surface area contributed by atoms with Gasteiger partial charge in [0.15, 0.2) is 5.96 Å². The van der Waals surface area contributed by atoms with E-state index in [9.17, 15) is 0 Å². The van der Waals surface area contributed by atoms with Gasteiger partial charge in [-0.05, 0) is 42.2 Å². The van der Waals surface area contributed by atoms with E-state index in [-0.39, 0.29) is 0 Å². The molecule has 0 fully saturated rings. The van der Waals surface area contributed by atoms with Crippen molar-refractivity contribution in [1.29, 1.82) is 0 Å². The molecule has 0 saturated heterocycles. The molecule has 26 heavy (non-hydrogen) atoms. The van der Waals surface area contributed by atoms with Crippen molar-refractivity contribution in [2.75, 3.05) is 20.7 Å². The first-order chi connectivity index (χ1) is 12.7. The second-order valence-electron chi connectivity index (χ2n) is 6.27. The molecule has 1 heterocycles. The van der Waals surface area contributed by atoms with Crippen LogP contribution in [0.4, 0.5) is 0 Å². The SMILES string of the molecule is CN=C(NCCc1c[nH]c2ccccc12)NCc1ccc(OC)c(C)c1. The van der Waals surface area contributed by atoms with Crippen molar-refractivity contribution in [3.63, 3.8) is 0 Å². The number of aromatic nitrogens is 1. The summed E-state index contributed by atoms with van der Waals surface area (Å²) in [4.78, 5) is 7.62. The van der Waals surface area contributed by atoms with Gasteiger partial charge in [-0.1, -0.05) is 30.3 Å². The van der Waals surface area contributed by atoms with Crippen LogP contribution in [0.1, 0.15) is 16.7 Å². The maximum atomic E-state index is 5.31. The average molecular weight is 350 g/mol. The normalized spacial score (nSPS) is 11.6. The molecule has 2 aromatic carbocycles. The predicted molar refractivity (Wildman–Crippen MR) is 108 cm³/mol. The van der Waals surface area contributed by atoms with Gasteiger partial charge in [-0.25, -0.2) is 0 Å². The summed E-state index contributed by atoms with van der Waals surface area (Å²) in [6, 6.07) is 14.6. The number of rotatable bonds is 6. The lowest BCUT2D eigenvalue weighted by Gasteiger charge is -2.13. The van der Waals surface area contributed by atoms with Gasteiger partial charge in [-0.15, -0.1) is 0 Å². The number of fused-ring (bicyclic) bond motifs is 1. The Balaban J connectivity index is 1.51. The summed E-state index contributed by atoms with van der Waals surface area (Å²) in [5, 5.41) is 8.02. The summed E-state index contributed by atoms with van der Waals surface area (Å²) >= 11 is 0. The minimum atomic E-state index is 0.720. The standard InChI is InChI=1S/C21H26N4O/c1-15-12-16(8-9-20(15)26-3)13-25-21(22-2)23-11-10-17-14-24-19-7-5-4-6-18(17)19/h4-9,12,14,24H,10-11,13H2,1-3H3,(H2,22,23,25). The van der Waals surface area contributed by atoms with Crippen molar-refractivity contribution >= 4 is 16.9 Å². The first-order valence-electron chi connectivity index (χ1n) is 8.84. The van der Waals surface area contributed by atoms with Gasteiger partial charge in [0.25, 0.3) is 0 Å². The summed E-state index contributed by atoms with van der Waals surface area (Å²) < 4.78 is 5.31. The van der Waals surface area contributed by atoms with Gasteiger partial charge in [0, 0.05) is 37.2 Å². The maximum Gasteiger partial charge on any atom is 0.191 e. The Hall–Kier alpha value is -2.95. The third-order valence-electron chi connectivity index (χ3n) is 4.50. The summed E-state index contributed by atoms with van der Waals surface area (Å²) in [6.45, 7) is 3.59. The number of H-pyrrole nitrogens is 1. The number of para-hydroxylation sites is 1. The molecule has 0 aliphatic heterocycles. The van der Waals surface area contributed by atoms with Gasteiger partial charge in [-0.3, -0.25) is 4.99 Å². The molecule has 3 rings (SSSR count). The van der Waals surface area contributed by atoms with Crippen molar-refractivity contribution in [3.05, 3.63) is 65.4 Å². The van der Waals surface area contributed by atoms with E-state index in [0.29, 0.717) is 0 Å². The second kappa shape index (κ2) is 8.43. The van der Waals surface area contributed by atoms with Crippen molar-refractivity contribution < 1.29 is 4.74 Å². The number of nitrogens with zero attached hydrogens (tertiary/aromatic N) is 1. The average Bonchev–Trinajstić information content (AvgIpc) is 3.08. The van der Waals surface area contributed by atoms with E-state index in [1.165, 1.54) is 22.0 Å². The van der Waals surface area contributed by atoms with Crippen LogP contribution in [-0.4, -0.2) is 31.6 Å². The Labute approximate surface area is 154 Å². The lowest BCUT2D eigenvalue weighted by atomic mass is 10.1. The van der Waals surface area contributed by atoms with Crippen molar-refractivity contribution in [1.82, 2.24) is 15.6 Å². The minimum Gasteiger partial charge on any atom is -0.496 e. The molecule has 0 saturated carbocycles. The molecule has 136 valence electrons. The van der Waals surface area contributed by atoms with Crippen LogP contribution in [0.5, 0.6) is 5.75 Å². The zero-order chi connectivity index (χ0) is 18.4. The number of aromatic amines is 1. The largest absolute Gasteiger partial charge is 0.496 e. The molecule has 5 nitrogen and oxygen atoms in total. The van der Waals surface area contributed by atoms with Gasteiger partial charge >= 0.3 is 0 Å². The first-order valence-corrected chi connectivity index (χ1v) is 8.84. The fourth-order valence-electron chi connectivity index (χ4n) is 3.11. The quantitative estimate of drug-likeness (QED) is 0.472. The number of hydrogen-bond acceptors (Lipinski definition) is 2. The summed E-state index contributed by atoms with van der Waals surface area (Å²) in [5.41, 5.74) is 4.83. The molecule has 0 aliphatic carbocycles. The fraction of sp³-hybridized carbons (Fsp3) is 0.286. The topological polar surface area (TPSA) is 61.4 Å². The highest BCUT2D eigenvalue weighted by atomic mass is 16.5. The Kier molecular flexibility index (Phi) is 5.79. The number of methoxy groups -OCH3 is 1. The number of benzene rings is 2. The Morgan fingerprint density at radius 2 is 2.00 bits per heavy atom. The lowest BCUT2D eigenvalue weighted by molar-refractivity contribution is 0.411. The molecular weight excluding hydrogens is 324 g/mol. The molecule has 5 heteroatoms. The smallest absolute Gasteiger partial charge is 0.191 e. The molecule has 0 amide bonds. The lowest BCUT2D eigenvalue weighted by Crippen LogP contribution is -2.37. The number of aliphatic imine (C=N–C) groups is 1. The van der Waals surface area contributed by atoms with Gasteiger partial charge in [0.1, 0.15) is 5.75 Å². The maximum absolute atomic E-state index is 5.31. The van der Waals surface area contributed by atoms with E-state index in [2.05, 4.69) is 64.1 Å². The summed E-state index contributed by atoms with van der Waals surface area (Å²) in [5.74, 6) is 1.72. The predicted octanol–water partition coefficient (Wildman–Crippen LogP) is 3.39. The second-order valence-corrected chi connectivity index (χ2v) is 6.27. The number of hydrogen-bond donors (Lipinski definition) is 3. The van der Waals surface area contributed by atoms with Crippen LogP contribution < -0.4 is 15.4 Å². The number of aryl methyl sites for hydroxylation is 1.